The van der Waals surface area contributed by atoms with E-state index >= 15 is 0 Å². The fourth-order valence-corrected chi connectivity index (χ4v) is 4.19. The van der Waals surface area contributed by atoms with E-state index in [4.69, 9.17) is 9.05 Å². The molecule has 1 unspecified atom stereocenters. The molecule has 3 nitrogen and oxygen atoms in total. The highest BCUT2D eigenvalue weighted by Gasteiger charge is 2.27. The number of hydrogen-bond acceptors (Lipinski definition) is 3. The Balaban J connectivity index is 2.38. The second-order valence-electron chi connectivity index (χ2n) is 12.9. The molecule has 0 saturated carbocycles. The maximum absolute atomic E-state index is 10.7. The third-order valence-corrected chi connectivity index (χ3v) is 6.28. The molecule has 0 heterocycles. The highest BCUT2D eigenvalue weighted by atomic mass is 31.1. The number of hydrogen-bond donors (Lipinski definition) is 1. The molecule has 32 heavy (non-hydrogen) atoms. The van der Waals surface area contributed by atoms with Crippen LogP contribution in [0, 0.1) is 0 Å². The Bertz CT molecular complexity index is 949. The van der Waals surface area contributed by atoms with Crippen molar-refractivity contribution >= 4 is 9.03 Å². The van der Waals surface area contributed by atoms with E-state index in [-0.39, 0.29) is 30.7 Å². The van der Waals surface area contributed by atoms with Gasteiger partial charge in [-0.05, 0) is 45.4 Å². The van der Waals surface area contributed by atoms with Gasteiger partial charge in [0.1, 0.15) is 17.2 Å². The average Bonchev–Trinajstić information content (AvgIpc) is 2.59. The van der Waals surface area contributed by atoms with E-state index in [1.165, 1.54) is 11.1 Å². The van der Waals surface area contributed by atoms with Gasteiger partial charge >= 0.3 is 0 Å². The first kappa shape index (κ1) is 26.5. The smallest absolute Gasteiger partial charge is 0.275 e. The third-order valence-electron chi connectivity index (χ3n) is 5.67. The van der Waals surface area contributed by atoms with Gasteiger partial charge in [0.15, 0.2) is 0 Å². The van der Waals surface area contributed by atoms with Crippen LogP contribution in [0.2, 0.25) is 0 Å². The zero-order valence-electron chi connectivity index (χ0n) is 22.2. The van der Waals surface area contributed by atoms with Crippen LogP contribution in [-0.4, -0.2) is 5.11 Å². The highest BCUT2D eigenvalue weighted by molar-refractivity contribution is 7.27. The fraction of sp³-hybridized carbons (Fsp3) is 0.571. The van der Waals surface area contributed by atoms with Crippen molar-refractivity contribution in [2.24, 2.45) is 0 Å². The number of aromatic hydroxyl groups is 1. The van der Waals surface area contributed by atoms with Crippen LogP contribution in [-0.2, 0) is 21.7 Å². The lowest BCUT2D eigenvalue weighted by Gasteiger charge is -2.28. The molecule has 1 N–H and O–H groups in total. The van der Waals surface area contributed by atoms with E-state index < -0.39 is 0 Å². The fourth-order valence-electron chi connectivity index (χ4n) is 3.62. The van der Waals surface area contributed by atoms with Gasteiger partial charge in [-0.3, -0.25) is 0 Å². The summed E-state index contributed by atoms with van der Waals surface area (Å²) in [7, 11) is -0.184. The predicted octanol–water partition coefficient (Wildman–Crippen LogP) is 8.55. The Hall–Kier alpha value is -1.73. The second kappa shape index (κ2) is 8.90. The number of phenols is 1. The first-order valence-corrected chi connectivity index (χ1v) is 12.2. The number of benzene rings is 2. The first-order valence-electron chi connectivity index (χ1n) is 11.4. The molecule has 0 saturated heterocycles. The van der Waals surface area contributed by atoms with Gasteiger partial charge in [-0.2, -0.15) is 0 Å². The SMILES string of the molecule is CC(C)(C)c1ccc(OPOc2cc(C(C)(C)C)c(O)cc2C(C)(C)C)c(C(C)(C)C)c1. The number of rotatable bonds is 4. The van der Waals surface area contributed by atoms with Gasteiger partial charge in [-0.25, -0.2) is 0 Å². The van der Waals surface area contributed by atoms with Crippen molar-refractivity contribution in [1.82, 2.24) is 0 Å². The molecule has 0 aliphatic rings. The average molecular weight is 459 g/mol. The molecule has 2 rings (SSSR count). The quantitative estimate of drug-likeness (QED) is 0.466. The Morgan fingerprint density at radius 1 is 0.562 bits per heavy atom. The molecule has 0 amide bonds. The minimum absolute atomic E-state index is 0.0460. The summed E-state index contributed by atoms with van der Waals surface area (Å²) in [4.78, 5) is 0. The lowest BCUT2D eigenvalue weighted by molar-refractivity contribution is 0.434. The van der Waals surface area contributed by atoms with Crippen LogP contribution in [0.25, 0.3) is 0 Å². The largest absolute Gasteiger partial charge is 0.508 e. The van der Waals surface area contributed by atoms with Crippen molar-refractivity contribution in [1.29, 1.82) is 0 Å². The van der Waals surface area contributed by atoms with Crippen LogP contribution < -0.4 is 9.05 Å². The molecule has 0 radical (unpaired) electrons. The van der Waals surface area contributed by atoms with Crippen molar-refractivity contribution in [2.45, 2.75) is 105 Å². The summed E-state index contributed by atoms with van der Waals surface area (Å²) in [5.74, 6) is 1.94. The van der Waals surface area contributed by atoms with Crippen molar-refractivity contribution in [3.05, 3.63) is 52.6 Å². The van der Waals surface area contributed by atoms with Gasteiger partial charge in [0.2, 0.25) is 0 Å². The van der Waals surface area contributed by atoms with Crippen LogP contribution in [0.1, 0.15) is 105 Å². The Morgan fingerprint density at radius 3 is 1.50 bits per heavy atom. The van der Waals surface area contributed by atoms with Crippen molar-refractivity contribution in [2.75, 3.05) is 0 Å². The topological polar surface area (TPSA) is 38.7 Å². The van der Waals surface area contributed by atoms with E-state index in [0.29, 0.717) is 5.75 Å². The summed E-state index contributed by atoms with van der Waals surface area (Å²) >= 11 is 0. The Labute approximate surface area is 197 Å². The molecule has 0 spiro atoms. The normalized spacial score (nSPS) is 13.6. The van der Waals surface area contributed by atoms with E-state index in [9.17, 15) is 5.11 Å². The van der Waals surface area contributed by atoms with Crippen LogP contribution >= 0.6 is 9.03 Å². The zero-order chi connectivity index (χ0) is 24.7. The molecule has 0 aromatic heterocycles. The van der Waals surface area contributed by atoms with E-state index in [1.54, 1.807) is 0 Å². The minimum atomic E-state index is -0.190. The van der Waals surface area contributed by atoms with E-state index in [2.05, 4.69) is 101 Å². The zero-order valence-corrected chi connectivity index (χ0v) is 23.2. The molecule has 1 atom stereocenters. The van der Waals surface area contributed by atoms with Crippen LogP contribution in [0.5, 0.6) is 17.2 Å². The van der Waals surface area contributed by atoms with Gasteiger partial charge in [-0.15, -0.1) is 0 Å². The summed E-state index contributed by atoms with van der Waals surface area (Å²) in [6.07, 6.45) is 0. The van der Waals surface area contributed by atoms with Gasteiger partial charge in [-0.1, -0.05) is 95.2 Å². The summed E-state index contributed by atoms with van der Waals surface area (Å²) in [6.45, 7) is 25.9. The highest BCUT2D eigenvalue weighted by Crippen LogP contribution is 2.43. The first-order chi connectivity index (χ1) is 14.3. The van der Waals surface area contributed by atoms with Gasteiger partial charge in [0, 0.05) is 16.7 Å². The van der Waals surface area contributed by atoms with Gasteiger partial charge in [0.25, 0.3) is 9.03 Å². The second-order valence-corrected chi connectivity index (χ2v) is 13.4. The molecule has 0 aliphatic heterocycles. The molecule has 4 heteroatoms. The van der Waals surface area contributed by atoms with Gasteiger partial charge in [0.05, 0.1) is 0 Å². The molecule has 0 bridgehead atoms. The minimum Gasteiger partial charge on any atom is -0.508 e. The van der Waals surface area contributed by atoms with Crippen LogP contribution in [0.3, 0.4) is 0 Å². The van der Waals surface area contributed by atoms with E-state index in [0.717, 1.165) is 22.6 Å². The molecule has 0 aliphatic carbocycles. The van der Waals surface area contributed by atoms with Crippen LogP contribution in [0.15, 0.2) is 30.3 Å². The summed E-state index contributed by atoms with van der Waals surface area (Å²) in [5.41, 5.74) is 3.99. The number of phenolic OH excluding ortho intramolecular Hbond substituents is 1. The summed E-state index contributed by atoms with van der Waals surface area (Å²) in [6, 6.07) is 10.3. The lowest BCUT2D eigenvalue weighted by atomic mass is 9.80. The predicted molar refractivity (Wildman–Crippen MR) is 139 cm³/mol. The van der Waals surface area contributed by atoms with Crippen molar-refractivity contribution in [3.63, 3.8) is 0 Å². The Kier molecular flexibility index (Phi) is 7.38. The summed E-state index contributed by atoms with van der Waals surface area (Å²) in [5, 5.41) is 10.7. The van der Waals surface area contributed by atoms with Crippen LogP contribution in [0.4, 0.5) is 0 Å². The standard InChI is InChI=1S/C28H43O3P/c1-25(2,3)18-13-14-23(20(15-18)27(7,8)9)30-32-31-24-17-19(26(4,5)6)22(29)16-21(24)28(10,11)12/h13-17,29,32H,1-12H3. The van der Waals surface area contributed by atoms with E-state index in [1.807, 2.05) is 12.1 Å². The molecule has 0 fully saturated rings. The molecule has 2 aromatic carbocycles. The summed E-state index contributed by atoms with van der Waals surface area (Å²) < 4.78 is 12.4. The molecule has 2 aromatic rings. The Morgan fingerprint density at radius 2 is 1.03 bits per heavy atom. The van der Waals surface area contributed by atoms with Gasteiger partial charge < -0.3 is 14.2 Å². The monoisotopic (exact) mass is 458 g/mol. The molecular formula is C28H43O3P. The van der Waals surface area contributed by atoms with Crippen molar-refractivity contribution < 1.29 is 14.2 Å². The lowest BCUT2D eigenvalue weighted by Crippen LogP contribution is -2.17. The molecular weight excluding hydrogens is 415 g/mol. The van der Waals surface area contributed by atoms with Crippen molar-refractivity contribution in [3.8, 4) is 17.2 Å². The maximum atomic E-state index is 10.7. The molecule has 178 valence electrons. The third kappa shape index (κ3) is 6.41. The maximum Gasteiger partial charge on any atom is 0.275 e.